The van der Waals surface area contributed by atoms with Gasteiger partial charge in [0, 0.05) is 30.9 Å². The van der Waals surface area contributed by atoms with Crippen LogP contribution in [0.5, 0.6) is 6.01 Å². The molecule has 1 aromatic carbocycles. The summed E-state index contributed by atoms with van der Waals surface area (Å²) in [7, 11) is 0. The van der Waals surface area contributed by atoms with Crippen molar-refractivity contribution in [3.05, 3.63) is 53.9 Å². The van der Waals surface area contributed by atoms with E-state index in [1.54, 1.807) is 47.6 Å². The monoisotopic (exact) mass is 294 g/mol. The number of ether oxygens (including phenoxy) is 1. The molecule has 3 rings (SSSR count). The number of carbonyl (C=O) groups excluding carboxylic acids is 1. The number of nitrogens with zero attached hydrogens (tertiary/aromatic N) is 4. The van der Waals surface area contributed by atoms with Gasteiger partial charge in [0.1, 0.15) is 6.10 Å². The summed E-state index contributed by atoms with van der Waals surface area (Å²) >= 11 is 0. The van der Waals surface area contributed by atoms with E-state index in [4.69, 9.17) is 10.00 Å². The molecule has 2 heterocycles. The molecule has 1 unspecified atom stereocenters. The minimum absolute atomic E-state index is 0.0859. The van der Waals surface area contributed by atoms with Crippen molar-refractivity contribution >= 4 is 5.91 Å². The van der Waals surface area contributed by atoms with Gasteiger partial charge in [-0.25, -0.2) is 9.97 Å². The van der Waals surface area contributed by atoms with Crippen LogP contribution in [0.3, 0.4) is 0 Å². The molecule has 1 saturated heterocycles. The van der Waals surface area contributed by atoms with Gasteiger partial charge in [-0.15, -0.1) is 0 Å². The number of likely N-dealkylation sites (tertiary alicyclic amines) is 1. The first-order chi connectivity index (χ1) is 10.8. The van der Waals surface area contributed by atoms with E-state index < -0.39 is 0 Å². The van der Waals surface area contributed by atoms with E-state index in [0.717, 1.165) is 6.42 Å². The average Bonchev–Trinajstić information content (AvgIpc) is 3.03. The Bertz CT molecular complexity index is 712. The maximum absolute atomic E-state index is 12.4. The highest BCUT2D eigenvalue weighted by Gasteiger charge is 2.28. The Morgan fingerprint density at radius 1 is 1.32 bits per heavy atom. The highest BCUT2D eigenvalue weighted by molar-refractivity contribution is 5.94. The summed E-state index contributed by atoms with van der Waals surface area (Å²) in [5.41, 5.74) is 1.01. The first-order valence-electron chi connectivity index (χ1n) is 6.99. The van der Waals surface area contributed by atoms with Gasteiger partial charge in [-0.05, 0) is 24.3 Å². The Balaban J connectivity index is 1.64. The number of aromatic nitrogens is 2. The van der Waals surface area contributed by atoms with E-state index in [1.807, 2.05) is 6.07 Å². The SMILES string of the molecule is N#Cc1cccc(C(=O)N2CCC(Oc3ncccn3)C2)c1. The van der Waals surface area contributed by atoms with Crippen LogP contribution in [-0.4, -0.2) is 40.0 Å². The number of amides is 1. The van der Waals surface area contributed by atoms with E-state index in [2.05, 4.69) is 9.97 Å². The van der Waals surface area contributed by atoms with Crippen molar-refractivity contribution in [3.63, 3.8) is 0 Å². The van der Waals surface area contributed by atoms with Crippen LogP contribution < -0.4 is 4.74 Å². The van der Waals surface area contributed by atoms with Crippen LogP contribution in [0.15, 0.2) is 42.7 Å². The highest BCUT2D eigenvalue weighted by atomic mass is 16.5. The van der Waals surface area contributed by atoms with E-state index in [9.17, 15) is 4.79 Å². The van der Waals surface area contributed by atoms with Gasteiger partial charge in [0.25, 0.3) is 5.91 Å². The van der Waals surface area contributed by atoms with Crippen molar-refractivity contribution in [2.75, 3.05) is 13.1 Å². The van der Waals surface area contributed by atoms with Crippen LogP contribution in [-0.2, 0) is 0 Å². The maximum atomic E-state index is 12.4. The number of carbonyl (C=O) groups is 1. The third-order valence-corrected chi connectivity index (χ3v) is 3.49. The van der Waals surface area contributed by atoms with Crippen LogP contribution in [0.1, 0.15) is 22.3 Å². The van der Waals surface area contributed by atoms with E-state index >= 15 is 0 Å². The Morgan fingerprint density at radius 3 is 2.91 bits per heavy atom. The minimum atomic E-state index is -0.106. The second-order valence-electron chi connectivity index (χ2n) is 5.00. The van der Waals surface area contributed by atoms with Crippen molar-refractivity contribution in [1.82, 2.24) is 14.9 Å². The summed E-state index contributed by atoms with van der Waals surface area (Å²) in [5, 5.41) is 8.91. The third-order valence-electron chi connectivity index (χ3n) is 3.49. The van der Waals surface area contributed by atoms with Crippen molar-refractivity contribution in [2.24, 2.45) is 0 Å². The molecular weight excluding hydrogens is 280 g/mol. The topological polar surface area (TPSA) is 79.1 Å². The van der Waals surface area contributed by atoms with E-state index in [0.29, 0.717) is 30.2 Å². The van der Waals surface area contributed by atoms with Crippen LogP contribution in [0.25, 0.3) is 0 Å². The predicted molar refractivity (Wildman–Crippen MR) is 78.1 cm³/mol. The summed E-state index contributed by atoms with van der Waals surface area (Å²) in [5.74, 6) is -0.0859. The quantitative estimate of drug-likeness (QED) is 0.860. The van der Waals surface area contributed by atoms with Gasteiger partial charge in [-0.1, -0.05) is 6.07 Å². The number of benzene rings is 1. The molecule has 110 valence electrons. The molecule has 0 bridgehead atoms. The van der Waals surface area contributed by atoms with E-state index in [-0.39, 0.29) is 12.0 Å². The van der Waals surface area contributed by atoms with Crippen molar-refractivity contribution < 1.29 is 9.53 Å². The second-order valence-corrected chi connectivity index (χ2v) is 5.00. The van der Waals surface area contributed by atoms with Gasteiger partial charge in [0.05, 0.1) is 18.2 Å². The van der Waals surface area contributed by atoms with Gasteiger partial charge in [0.15, 0.2) is 0 Å². The molecule has 0 radical (unpaired) electrons. The smallest absolute Gasteiger partial charge is 0.316 e. The molecule has 1 aliphatic rings. The van der Waals surface area contributed by atoms with Crippen LogP contribution in [0, 0.1) is 11.3 Å². The number of hydrogen-bond donors (Lipinski definition) is 0. The van der Waals surface area contributed by atoms with Crippen LogP contribution >= 0.6 is 0 Å². The molecule has 1 aliphatic heterocycles. The zero-order chi connectivity index (χ0) is 15.4. The Morgan fingerprint density at radius 2 is 2.14 bits per heavy atom. The molecule has 6 heteroatoms. The summed E-state index contributed by atoms with van der Waals surface area (Å²) in [6.45, 7) is 1.11. The summed E-state index contributed by atoms with van der Waals surface area (Å²) in [6, 6.07) is 10.8. The molecule has 6 nitrogen and oxygen atoms in total. The fourth-order valence-electron chi connectivity index (χ4n) is 2.41. The summed E-state index contributed by atoms with van der Waals surface area (Å²) in [4.78, 5) is 22.2. The van der Waals surface area contributed by atoms with Crippen LogP contribution in [0.4, 0.5) is 0 Å². The minimum Gasteiger partial charge on any atom is -0.458 e. The molecule has 0 aliphatic carbocycles. The lowest BCUT2D eigenvalue weighted by Crippen LogP contribution is -2.31. The zero-order valence-corrected chi connectivity index (χ0v) is 11.8. The summed E-state index contributed by atoms with van der Waals surface area (Å²) < 4.78 is 5.67. The summed E-state index contributed by atoms with van der Waals surface area (Å²) in [6.07, 6.45) is 3.87. The molecule has 22 heavy (non-hydrogen) atoms. The molecule has 2 aromatic rings. The Kier molecular flexibility index (Phi) is 3.97. The van der Waals surface area contributed by atoms with Crippen LogP contribution in [0.2, 0.25) is 0 Å². The second kappa shape index (κ2) is 6.22. The first-order valence-corrected chi connectivity index (χ1v) is 6.99. The van der Waals surface area contributed by atoms with Gasteiger partial charge >= 0.3 is 6.01 Å². The lowest BCUT2D eigenvalue weighted by atomic mass is 10.1. The Hall–Kier alpha value is -2.94. The average molecular weight is 294 g/mol. The van der Waals surface area contributed by atoms with Crippen molar-refractivity contribution in [2.45, 2.75) is 12.5 Å². The first kappa shape index (κ1) is 14.0. The maximum Gasteiger partial charge on any atom is 0.316 e. The van der Waals surface area contributed by atoms with Gasteiger partial charge in [0.2, 0.25) is 0 Å². The normalized spacial score (nSPS) is 17.0. The van der Waals surface area contributed by atoms with E-state index in [1.165, 1.54) is 0 Å². The standard InChI is InChI=1S/C16H14N4O2/c17-10-12-3-1-4-13(9-12)15(21)20-8-5-14(11-20)22-16-18-6-2-7-19-16/h1-4,6-7,9,14H,5,8,11H2. The lowest BCUT2D eigenvalue weighted by molar-refractivity contribution is 0.0769. The largest absolute Gasteiger partial charge is 0.458 e. The third kappa shape index (κ3) is 3.04. The predicted octanol–water partition coefficient (Wildman–Crippen LogP) is 1.64. The molecule has 1 amide bonds. The zero-order valence-electron chi connectivity index (χ0n) is 11.8. The van der Waals surface area contributed by atoms with Crippen molar-refractivity contribution in [3.8, 4) is 12.1 Å². The fraction of sp³-hybridized carbons (Fsp3) is 0.250. The fourth-order valence-corrected chi connectivity index (χ4v) is 2.41. The Labute approximate surface area is 128 Å². The number of nitriles is 1. The van der Waals surface area contributed by atoms with Gasteiger partial charge in [-0.2, -0.15) is 5.26 Å². The molecule has 1 fully saturated rings. The number of rotatable bonds is 3. The number of hydrogen-bond acceptors (Lipinski definition) is 5. The lowest BCUT2D eigenvalue weighted by Gasteiger charge is -2.16. The van der Waals surface area contributed by atoms with Gasteiger partial charge < -0.3 is 9.64 Å². The molecule has 0 saturated carbocycles. The van der Waals surface area contributed by atoms with Crippen molar-refractivity contribution in [1.29, 1.82) is 5.26 Å². The molecule has 1 aromatic heterocycles. The van der Waals surface area contributed by atoms with Gasteiger partial charge in [-0.3, -0.25) is 4.79 Å². The molecule has 1 atom stereocenters. The molecule has 0 spiro atoms. The molecular formula is C16H14N4O2. The highest BCUT2D eigenvalue weighted by Crippen LogP contribution is 2.17. The molecule has 0 N–H and O–H groups in total.